The molecule has 0 bridgehead atoms. The lowest BCUT2D eigenvalue weighted by Gasteiger charge is -2.03. The molecule has 82 valence electrons. The zero-order chi connectivity index (χ0) is 11.5. The number of rotatable bonds is 2. The highest BCUT2D eigenvalue weighted by Crippen LogP contribution is 2.23. The summed E-state index contributed by atoms with van der Waals surface area (Å²) in [7, 11) is 0. The molecule has 2 N–H and O–H groups in total. The molecule has 0 unspecified atom stereocenters. The van der Waals surface area contributed by atoms with Gasteiger partial charge in [0, 0.05) is 4.47 Å². The molecule has 0 atom stereocenters. The Morgan fingerprint density at radius 3 is 2.81 bits per heavy atom. The molecule has 5 heteroatoms. The number of benzene rings is 1. The monoisotopic (exact) mass is 297 g/mol. The first kappa shape index (κ1) is 11.2. The summed E-state index contributed by atoms with van der Waals surface area (Å²) in [5.41, 5.74) is 6.04. The Balaban J connectivity index is 2.17. The van der Waals surface area contributed by atoms with Crippen LogP contribution in [0.25, 0.3) is 0 Å². The van der Waals surface area contributed by atoms with Gasteiger partial charge in [0.15, 0.2) is 0 Å². The van der Waals surface area contributed by atoms with Crippen molar-refractivity contribution >= 4 is 38.2 Å². The quantitative estimate of drug-likeness (QED) is 0.683. The maximum atomic E-state index is 11.7. The summed E-state index contributed by atoms with van der Waals surface area (Å²) in [5, 5.41) is 2.23. The van der Waals surface area contributed by atoms with E-state index in [2.05, 4.69) is 15.9 Å². The van der Waals surface area contributed by atoms with Gasteiger partial charge < -0.3 is 10.5 Å². The van der Waals surface area contributed by atoms with Crippen LogP contribution >= 0.6 is 27.3 Å². The average Bonchev–Trinajstić information content (AvgIpc) is 2.64. The molecular weight excluding hydrogens is 290 g/mol. The highest BCUT2D eigenvalue weighted by molar-refractivity contribution is 9.10. The van der Waals surface area contributed by atoms with E-state index in [0.29, 0.717) is 16.3 Å². The minimum Gasteiger partial charge on any atom is -0.423 e. The van der Waals surface area contributed by atoms with Crippen molar-refractivity contribution in [1.29, 1.82) is 0 Å². The van der Waals surface area contributed by atoms with E-state index >= 15 is 0 Å². The summed E-state index contributed by atoms with van der Waals surface area (Å²) in [6.07, 6.45) is 0. The van der Waals surface area contributed by atoms with Crippen LogP contribution in [0, 0.1) is 0 Å². The van der Waals surface area contributed by atoms with Gasteiger partial charge in [-0.1, -0.05) is 22.0 Å². The number of hydrogen-bond donors (Lipinski definition) is 1. The second kappa shape index (κ2) is 4.67. The molecule has 16 heavy (non-hydrogen) atoms. The lowest BCUT2D eigenvalue weighted by molar-refractivity contribution is 0.0736. The SMILES string of the molecule is Nc1sccc1C(=O)Oc1cccc(Br)c1. The Morgan fingerprint density at radius 2 is 2.19 bits per heavy atom. The number of nitrogens with two attached hydrogens (primary N) is 1. The summed E-state index contributed by atoms with van der Waals surface area (Å²) in [6, 6.07) is 8.74. The first-order chi connectivity index (χ1) is 7.66. The third-order valence-electron chi connectivity index (χ3n) is 1.92. The minimum absolute atomic E-state index is 0.407. The van der Waals surface area contributed by atoms with Crippen LogP contribution in [0.4, 0.5) is 5.00 Å². The van der Waals surface area contributed by atoms with Gasteiger partial charge in [-0.25, -0.2) is 4.79 Å². The molecule has 0 spiro atoms. The predicted molar refractivity (Wildman–Crippen MR) is 67.8 cm³/mol. The summed E-state index contributed by atoms with van der Waals surface area (Å²) in [4.78, 5) is 11.7. The third kappa shape index (κ3) is 2.43. The highest BCUT2D eigenvalue weighted by atomic mass is 79.9. The van der Waals surface area contributed by atoms with Crippen LogP contribution in [0.1, 0.15) is 10.4 Å². The third-order valence-corrected chi connectivity index (χ3v) is 3.16. The van der Waals surface area contributed by atoms with Crippen molar-refractivity contribution in [3.8, 4) is 5.75 Å². The van der Waals surface area contributed by atoms with Gasteiger partial charge in [-0.2, -0.15) is 0 Å². The molecule has 2 rings (SSSR count). The Labute approximate surface area is 105 Å². The Hall–Kier alpha value is -1.33. The number of hydrogen-bond acceptors (Lipinski definition) is 4. The maximum absolute atomic E-state index is 11.7. The lowest BCUT2D eigenvalue weighted by atomic mass is 10.3. The van der Waals surface area contributed by atoms with Crippen molar-refractivity contribution in [2.45, 2.75) is 0 Å². The van der Waals surface area contributed by atoms with E-state index in [9.17, 15) is 4.79 Å². The molecule has 1 aromatic heterocycles. The van der Waals surface area contributed by atoms with E-state index in [-0.39, 0.29) is 0 Å². The second-order valence-corrected chi connectivity index (χ2v) is 4.91. The Bertz CT molecular complexity index is 524. The van der Waals surface area contributed by atoms with Gasteiger partial charge in [0.1, 0.15) is 10.8 Å². The van der Waals surface area contributed by atoms with Gasteiger partial charge in [0.2, 0.25) is 0 Å². The van der Waals surface area contributed by atoms with Crippen LogP contribution in [-0.2, 0) is 0 Å². The molecule has 0 fully saturated rings. The lowest BCUT2D eigenvalue weighted by Crippen LogP contribution is -2.09. The van der Waals surface area contributed by atoms with Gasteiger partial charge in [0.25, 0.3) is 0 Å². The van der Waals surface area contributed by atoms with Crippen LogP contribution in [0.15, 0.2) is 40.2 Å². The van der Waals surface area contributed by atoms with Crippen molar-refractivity contribution in [3.05, 3.63) is 45.7 Å². The van der Waals surface area contributed by atoms with Gasteiger partial charge >= 0.3 is 5.97 Å². The number of nitrogen functional groups attached to an aromatic ring is 1. The first-order valence-electron chi connectivity index (χ1n) is 4.47. The minimum atomic E-state index is -0.433. The van der Waals surface area contributed by atoms with Crippen LogP contribution < -0.4 is 10.5 Å². The van der Waals surface area contributed by atoms with Crippen molar-refractivity contribution < 1.29 is 9.53 Å². The molecule has 0 saturated carbocycles. The van der Waals surface area contributed by atoms with Crippen LogP contribution in [0.2, 0.25) is 0 Å². The van der Waals surface area contributed by atoms with Crippen LogP contribution in [0.3, 0.4) is 0 Å². The van der Waals surface area contributed by atoms with E-state index in [0.717, 1.165) is 4.47 Å². The molecule has 2 aromatic rings. The van der Waals surface area contributed by atoms with Gasteiger partial charge in [0.05, 0.1) is 5.56 Å². The van der Waals surface area contributed by atoms with Gasteiger partial charge in [-0.3, -0.25) is 0 Å². The van der Waals surface area contributed by atoms with Crippen molar-refractivity contribution in [2.24, 2.45) is 0 Å². The second-order valence-electron chi connectivity index (χ2n) is 3.05. The summed E-state index contributed by atoms with van der Waals surface area (Å²) in [6.45, 7) is 0. The number of ether oxygens (including phenoxy) is 1. The molecule has 0 saturated heterocycles. The van der Waals surface area contributed by atoms with E-state index < -0.39 is 5.97 Å². The van der Waals surface area contributed by atoms with Gasteiger partial charge in [-0.15, -0.1) is 11.3 Å². The number of carbonyl (C=O) groups is 1. The summed E-state index contributed by atoms with van der Waals surface area (Å²) >= 11 is 4.62. The fraction of sp³-hybridized carbons (Fsp3) is 0. The fourth-order valence-electron chi connectivity index (χ4n) is 1.18. The summed E-state index contributed by atoms with van der Waals surface area (Å²) in [5.74, 6) is 0.0572. The van der Waals surface area contributed by atoms with Crippen LogP contribution in [-0.4, -0.2) is 5.97 Å². The topological polar surface area (TPSA) is 52.3 Å². The Morgan fingerprint density at radius 1 is 1.38 bits per heavy atom. The number of thiophene rings is 1. The van der Waals surface area contributed by atoms with E-state index in [4.69, 9.17) is 10.5 Å². The predicted octanol–water partition coefficient (Wildman–Crippen LogP) is 3.31. The number of esters is 1. The average molecular weight is 298 g/mol. The van der Waals surface area contributed by atoms with E-state index in [1.165, 1.54) is 11.3 Å². The first-order valence-corrected chi connectivity index (χ1v) is 6.15. The highest BCUT2D eigenvalue weighted by Gasteiger charge is 2.13. The molecule has 0 aliphatic rings. The molecule has 0 aliphatic heterocycles. The van der Waals surface area contributed by atoms with E-state index in [1.807, 2.05) is 6.07 Å². The van der Waals surface area contributed by atoms with Crippen LogP contribution in [0.5, 0.6) is 5.75 Å². The molecule has 0 amide bonds. The fourth-order valence-corrected chi connectivity index (χ4v) is 2.19. The normalized spacial score (nSPS) is 10.1. The zero-order valence-corrected chi connectivity index (χ0v) is 10.5. The largest absolute Gasteiger partial charge is 0.423 e. The zero-order valence-electron chi connectivity index (χ0n) is 8.14. The summed E-state index contributed by atoms with van der Waals surface area (Å²) < 4.78 is 6.04. The molecule has 0 aliphatic carbocycles. The standard InChI is InChI=1S/C11H8BrNO2S/c12-7-2-1-3-8(6-7)15-11(14)9-4-5-16-10(9)13/h1-6H,13H2. The molecule has 1 heterocycles. The molecular formula is C11H8BrNO2S. The maximum Gasteiger partial charge on any atom is 0.346 e. The number of carbonyl (C=O) groups excluding carboxylic acids is 1. The Kier molecular flexibility index (Phi) is 3.26. The van der Waals surface area contributed by atoms with Gasteiger partial charge in [-0.05, 0) is 29.6 Å². The number of anilines is 1. The van der Waals surface area contributed by atoms with Crippen molar-refractivity contribution in [3.63, 3.8) is 0 Å². The van der Waals surface area contributed by atoms with E-state index in [1.54, 1.807) is 29.6 Å². The van der Waals surface area contributed by atoms with Crippen molar-refractivity contribution in [2.75, 3.05) is 5.73 Å². The van der Waals surface area contributed by atoms with Crippen molar-refractivity contribution in [1.82, 2.24) is 0 Å². The molecule has 0 radical (unpaired) electrons. The molecule has 3 nitrogen and oxygen atoms in total. The number of halogens is 1. The smallest absolute Gasteiger partial charge is 0.346 e. The molecule has 1 aromatic carbocycles.